The summed E-state index contributed by atoms with van der Waals surface area (Å²) >= 11 is 0. The fourth-order valence-electron chi connectivity index (χ4n) is 4.09. The Morgan fingerprint density at radius 3 is 2.47 bits per heavy atom. The van der Waals surface area contributed by atoms with Crippen LogP contribution in [-0.2, 0) is 13.2 Å². The zero-order valence-electron chi connectivity index (χ0n) is 20.1. The Morgan fingerprint density at radius 1 is 0.889 bits per heavy atom. The highest BCUT2D eigenvalue weighted by Gasteiger charge is 2.10. The number of ether oxygens (including phenoxy) is 2. The summed E-state index contributed by atoms with van der Waals surface area (Å²) in [6.45, 7) is 3.56. The van der Waals surface area contributed by atoms with Crippen molar-refractivity contribution in [2.24, 2.45) is 0 Å². The van der Waals surface area contributed by atoms with Crippen molar-refractivity contribution in [2.75, 3.05) is 11.9 Å². The molecule has 0 unspecified atom stereocenters. The van der Waals surface area contributed by atoms with Gasteiger partial charge in [-0.25, -0.2) is 0 Å². The van der Waals surface area contributed by atoms with Crippen LogP contribution in [0.3, 0.4) is 0 Å². The van der Waals surface area contributed by atoms with E-state index >= 15 is 0 Å². The molecule has 6 heteroatoms. The van der Waals surface area contributed by atoms with Crippen molar-refractivity contribution >= 4 is 22.4 Å². The van der Waals surface area contributed by atoms with Crippen LogP contribution in [0.1, 0.15) is 28.4 Å². The molecule has 1 amide bonds. The quantitative estimate of drug-likeness (QED) is 0.270. The van der Waals surface area contributed by atoms with Crippen molar-refractivity contribution in [3.05, 3.63) is 120 Å². The molecule has 0 aliphatic heterocycles. The number of carbonyl (C=O) groups is 1. The molecule has 1 heterocycles. The lowest BCUT2D eigenvalue weighted by atomic mass is 10.0. The summed E-state index contributed by atoms with van der Waals surface area (Å²) in [4.78, 5) is 12.9. The summed E-state index contributed by atoms with van der Waals surface area (Å²) in [6.07, 6.45) is 3.51. The fraction of sp³-hybridized carbons (Fsp3) is 0.133. The molecule has 4 aromatic carbocycles. The van der Waals surface area contributed by atoms with Gasteiger partial charge in [0.25, 0.3) is 5.91 Å². The number of nitrogens with zero attached hydrogens (tertiary/aromatic N) is 2. The number of aromatic nitrogens is 2. The molecule has 0 fully saturated rings. The van der Waals surface area contributed by atoms with Crippen molar-refractivity contribution in [3.63, 3.8) is 0 Å². The number of amides is 1. The van der Waals surface area contributed by atoms with Crippen LogP contribution in [-0.4, -0.2) is 22.3 Å². The molecule has 5 aromatic rings. The molecule has 1 aromatic heterocycles. The van der Waals surface area contributed by atoms with Crippen LogP contribution in [0.15, 0.2) is 103 Å². The van der Waals surface area contributed by atoms with Gasteiger partial charge >= 0.3 is 0 Å². The molecular formula is C30H27N3O3. The van der Waals surface area contributed by atoms with Gasteiger partial charge in [-0.1, -0.05) is 54.6 Å². The highest BCUT2D eigenvalue weighted by atomic mass is 16.5. The Kier molecular flexibility index (Phi) is 6.94. The third-order valence-corrected chi connectivity index (χ3v) is 5.83. The van der Waals surface area contributed by atoms with Gasteiger partial charge in [-0.2, -0.15) is 5.10 Å². The molecule has 0 bridgehead atoms. The summed E-state index contributed by atoms with van der Waals surface area (Å²) in [6, 6.07) is 29.5. The zero-order valence-corrected chi connectivity index (χ0v) is 20.1. The lowest BCUT2D eigenvalue weighted by molar-refractivity contribution is 0.102. The molecule has 0 spiro atoms. The van der Waals surface area contributed by atoms with E-state index in [4.69, 9.17) is 9.47 Å². The van der Waals surface area contributed by atoms with Crippen LogP contribution in [0.5, 0.6) is 11.5 Å². The Bertz CT molecular complexity index is 1470. The van der Waals surface area contributed by atoms with Crippen LogP contribution in [0, 0.1) is 0 Å². The molecule has 0 radical (unpaired) electrons. The lowest BCUT2D eigenvalue weighted by Gasteiger charge is -2.09. The summed E-state index contributed by atoms with van der Waals surface area (Å²) < 4.78 is 13.2. The number of rotatable bonds is 9. The van der Waals surface area contributed by atoms with Gasteiger partial charge in [-0.15, -0.1) is 0 Å². The van der Waals surface area contributed by atoms with Gasteiger partial charge < -0.3 is 14.8 Å². The Hall–Kier alpha value is -4.58. The SMILES string of the molecule is CCOc1ccc(OCc2cccc(C(=O)Nc3cnn(Cc4cccc5ccccc45)c3)c2)cc1. The monoisotopic (exact) mass is 477 g/mol. The average Bonchev–Trinajstić information content (AvgIpc) is 3.35. The van der Waals surface area contributed by atoms with Crippen LogP contribution in [0.4, 0.5) is 5.69 Å². The summed E-state index contributed by atoms with van der Waals surface area (Å²) in [7, 11) is 0. The Balaban J connectivity index is 1.20. The second-order valence-corrected chi connectivity index (χ2v) is 8.41. The second-order valence-electron chi connectivity index (χ2n) is 8.41. The van der Waals surface area contributed by atoms with Gasteiger partial charge in [0.2, 0.25) is 0 Å². The third kappa shape index (κ3) is 5.55. The first kappa shape index (κ1) is 23.2. The van der Waals surface area contributed by atoms with Crippen molar-refractivity contribution < 1.29 is 14.3 Å². The number of anilines is 1. The van der Waals surface area contributed by atoms with E-state index in [2.05, 4.69) is 40.7 Å². The normalized spacial score (nSPS) is 10.8. The average molecular weight is 478 g/mol. The smallest absolute Gasteiger partial charge is 0.255 e. The van der Waals surface area contributed by atoms with Crippen molar-refractivity contribution in [3.8, 4) is 11.5 Å². The lowest BCUT2D eigenvalue weighted by Crippen LogP contribution is -2.12. The Labute approximate surface area is 210 Å². The largest absolute Gasteiger partial charge is 0.494 e. The number of fused-ring (bicyclic) bond motifs is 1. The molecule has 6 nitrogen and oxygen atoms in total. The maximum atomic E-state index is 12.9. The molecule has 180 valence electrons. The van der Waals surface area contributed by atoms with E-state index in [1.54, 1.807) is 12.3 Å². The predicted molar refractivity (Wildman–Crippen MR) is 142 cm³/mol. The number of benzene rings is 4. The van der Waals surface area contributed by atoms with E-state index in [1.165, 1.54) is 16.3 Å². The van der Waals surface area contributed by atoms with E-state index in [1.807, 2.05) is 72.4 Å². The van der Waals surface area contributed by atoms with E-state index in [-0.39, 0.29) is 5.91 Å². The fourth-order valence-corrected chi connectivity index (χ4v) is 4.09. The van der Waals surface area contributed by atoms with Crippen LogP contribution < -0.4 is 14.8 Å². The first-order valence-electron chi connectivity index (χ1n) is 11.9. The van der Waals surface area contributed by atoms with Crippen molar-refractivity contribution in [1.29, 1.82) is 0 Å². The topological polar surface area (TPSA) is 65.4 Å². The minimum atomic E-state index is -0.192. The predicted octanol–water partition coefficient (Wildman–Crippen LogP) is 6.31. The van der Waals surface area contributed by atoms with Crippen LogP contribution >= 0.6 is 0 Å². The first-order valence-corrected chi connectivity index (χ1v) is 11.9. The van der Waals surface area contributed by atoms with Gasteiger partial charge in [0.1, 0.15) is 18.1 Å². The summed E-state index contributed by atoms with van der Waals surface area (Å²) in [5, 5.41) is 9.78. The van der Waals surface area contributed by atoms with Crippen LogP contribution in [0.25, 0.3) is 10.8 Å². The van der Waals surface area contributed by atoms with Crippen LogP contribution in [0.2, 0.25) is 0 Å². The molecule has 0 atom stereocenters. The molecule has 0 aliphatic rings. The number of carbonyl (C=O) groups excluding carboxylic acids is 1. The van der Waals surface area contributed by atoms with Crippen molar-refractivity contribution in [2.45, 2.75) is 20.1 Å². The molecule has 0 aliphatic carbocycles. The van der Waals surface area contributed by atoms with E-state index in [0.717, 1.165) is 17.1 Å². The first-order chi connectivity index (χ1) is 17.7. The molecule has 0 saturated carbocycles. The van der Waals surface area contributed by atoms with Gasteiger partial charge in [0.15, 0.2) is 0 Å². The minimum absolute atomic E-state index is 0.192. The second kappa shape index (κ2) is 10.8. The molecule has 0 saturated heterocycles. The molecule has 5 rings (SSSR count). The number of hydrogen-bond donors (Lipinski definition) is 1. The summed E-state index contributed by atoms with van der Waals surface area (Å²) in [5.41, 5.74) is 3.29. The molecule has 36 heavy (non-hydrogen) atoms. The zero-order chi connectivity index (χ0) is 24.7. The van der Waals surface area contributed by atoms with Gasteiger partial charge in [0, 0.05) is 11.8 Å². The van der Waals surface area contributed by atoms with E-state index in [0.29, 0.717) is 31.0 Å². The third-order valence-electron chi connectivity index (χ3n) is 5.83. The highest BCUT2D eigenvalue weighted by Crippen LogP contribution is 2.21. The van der Waals surface area contributed by atoms with E-state index < -0.39 is 0 Å². The number of hydrogen-bond acceptors (Lipinski definition) is 4. The van der Waals surface area contributed by atoms with Crippen molar-refractivity contribution in [1.82, 2.24) is 9.78 Å². The number of nitrogens with one attached hydrogen (secondary N) is 1. The summed E-state index contributed by atoms with van der Waals surface area (Å²) in [5.74, 6) is 1.36. The van der Waals surface area contributed by atoms with Gasteiger partial charge in [-0.05, 0) is 65.2 Å². The molecule has 1 N–H and O–H groups in total. The Morgan fingerprint density at radius 2 is 1.64 bits per heavy atom. The molecular weight excluding hydrogens is 450 g/mol. The maximum Gasteiger partial charge on any atom is 0.255 e. The highest BCUT2D eigenvalue weighted by molar-refractivity contribution is 6.04. The van der Waals surface area contributed by atoms with E-state index in [9.17, 15) is 4.79 Å². The maximum absolute atomic E-state index is 12.9. The minimum Gasteiger partial charge on any atom is -0.494 e. The standard InChI is InChI=1S/C30H27N3O3/c1-2-35-27-13-15-28(16-14-27)36-21-22-7-5-10-24(17-22)30(34)32-26-18-31-33(20-26)19-25-11-6-9-23-8-3-4-12-29(23)25/h3-18,20H,2,19,21H2,1H3,(H,32,34). The van der Waals surface area contributed by atoms with Gasteiger partial charge in [0.05, 0.1) is 25.0 Å². The van der Waals surface area contributed by atoms with Gasteiger partial charge in [-0.3, -0.25) is 9.48 Å².